The number of nitrogens with zero attached hydrogens (tertiary/aromatic N) is 1. The minimum atomic E-state index is -5.11. The summed E-state index contributed by atoms with van der Waals surface area (Å²) in [6, 6.07) is 7.77. The first kappa shape index (κ1) is 18.3. The van der Waals surface area contributed by atoms with E-state index in [1.807, 2.05) is 0 Å². The van der Waals surface area contributed by atoms with Crippen LogP contribution in [0.15, 0.2) is 42.5 Å². The molecule has 2 aromatic carbocycles. The third-order valence-electron chi connectivity index (χ3n) is 3.67. The van der Waals surface area contributed by atoms with Gasteiger partial charge in [0, 0.05) is 17.3 Å². The number of carbonyl (C=O) groups excluding carboxylic acids is 1. The molecular weight excluding hydrogens is 371 g/mol. The van der Waals surface area contributed by atoms with Crippen molar-refractivity contribution >= 4 is 17.4 Å². The van der Waals surface area contributed by atoms with Crippen LogP contribution >= 0.6 is 0 Å². The van der Waals surface area contributed by atoms with Crippen LogP contribution in [0.2, 0.25) is 0 Å². The average molecular weight is 383 g/mol. The fraction of sp³-hybridized carbons (Fsp3) is 0.188. The molecule has 0 aliphatic carbocycles. The van der Waals surface area contributed by atoms with E-state index in [9.17, 15) is 28.1 Å². The van der Waals surface area contributed by atoms with Gasteiger partial charge in [-0.3, -0.25) is 15.4 Å². The van der Waals surface area contributed by atoms with Crippen molar-refractivity contribution in [1.29, 1.82) is 0 Å². The van der Waals surface area contributed by atoms with Crippen LogP contribution in [0.5, 0.6) is 11.5 Å². The van der Waals surface area contributed by atoms with Gasteiger partial charge in [-0.25, -0.2) is 4.79 Å². The van der Waals surface area contributed by atoms with E-state index in [0.717, 1.165) is 6.07 Å². The highest BCUT2D eigenvalue weighted by atomic mass is 19.4. The molecule has 2 amide bonds. The number of benzene rings is 2. The molecule has 27 heavy (non-hydrogen) atoms. The highest BCUT2D eigenvalue weighted by molar-refractivity contribution is 5.90. The van der Waals surface area contributed by atoms with Gasteiger partial charge in [0.05, 0.1) is 4.92 Å². The van der Waals surface area contributed by atoms with E-state index >= 15 is 0 Å². The number of rotatable bonds is 3. The number of halogens is 3. The fourth-order valence-corrected chi connectivity index (χ4v) is 2.38. The summed E-state index contributed by atoms with van der Waals surface area (Å²) >= 11 is 0. The minimum Gasteiger partial charge on any atom is -0.424 e. The van der Waals surface area contributed by atoms with Gasteiger partial charge in [0.1, 0.15) is 0 Å². The monoisotopic (exact) mass is 383 g/mol. The van der Waals surface area contributed by atoms with Crippen molar-refractivity contribution in [2.24, 2.45) is 0 Å². The lowest BCUT2D eigenvalue weighted by Crippen LogP contribution is -2.65. The number of fused-ring (bicyclic) bond motifs is 1. The summed E-state index contributed by atoms with van der Waals surface area (Å²) in [4.78, 5) is 22.3. The predicted molar refractivity (Wildman–Crippen MR) is 86.5 cm³/mol. The number of amides is 2. The number of aryl methyl sites for hydroxylation is 1. The average Bonchev–Trinajstić information content (AvgIpc) is 2.95. The van der Waals surface area contributed by atoms with Crippen molar-refractivity contribution in [2.75, 3.05) is 5.32 Å². The smallest absolute Gasteiger partial charge is 0.424 e. The zero-order valence-corrected chi connectivity index (χ0v) is 13.7. The molecule has 0 aromatic heterocycles. The highest BCUT2D eigenvalue weighted by Gasteiger charge is 2.65. The summed E-state index contributed by atoms with van der Waals surface area (Å²) in [5.74, 6) is -3.81. The maximum Gasteiger partial charge on any atom is 0.492 e. The Morgan fingerprint density at radius 1 is 1.15 bits per heavy atom. The van der Waals surface area contributed by atoms with Gasteiger partial charge >= 0.3 is 18.1 Å². The number of anilines is 1. The molecule has 0 atom stereocenters. The molecule has 1 aliphatic heterocycles. The molecule has 0 bridgehead atoms. The van der Waals surface area contributed by atoms with Crippen LogP contribution in [0.4, 0.5) is 29.3 Å². The van der Waals surface area contributed by atoms with Gasteiger partial charge in [-0.15, -0.1) is 0 Å². The highest BCUT2D eigenvalue weighted by Crippen LogP contribution is 2.44. The third kappa shape index (κ3) is 3.43. The number of hydrogen-bond acceptors (Lipinski definition) is 5. The van der Waals surface area contributed by atoms with Crippen molar-refractivity contribution in [1.82, 2.24) is 5.32 Å². The van der Waals surface area contributed by atoms with Gasteiger partial charge in [-0.1, -0.05) is 18.2 Å². The van der Waals surface area contributed by atoms with Crippen LogP contribution in [0.25, 0.3) is 0 Å². The number of nitro benzene ring substituents is 1. The molecule has 1 heterocycles. The molecule has 8 nitrogen and oxygen atoms in total. The molecular formula is C16H12F3N3O5. The predicted octanol–water partition coefficient (Wildman–Crippen LogP) is 3.71. The Kier molecular flexibility index (Phi) is 4.30. The molecule has 2 N–H and O–H groups in total. The SMILES string of the molecule is Cc1ccc(NC(=O)NC2(C(F)(F)F)Oc3ccccc3O2)cc1[N+](=O)[O-]. The summed E-state index contributed by atoms with van der Waals surface area (Å²) < 4.78 is 50.2. The molecule has 2 aromatic rings. The quantitative estimate of drug-likeness (QED) is 0.621. The Labute approximate surface area is 150 Å². The molecule has 3 rings (SSSR count). The van der Waals surface area contributed by atoms with E-state index in [4.69, 9.17) is 9.47 Å². The fourth-order valence-electron chi connectivity index (χ4n) is 2.38. The Bertz CT molecular complexity index is 891. The third-order valence-corrected chi connectivity index (χ3v) is 3.67. The number of para-hydroxylation sites is 2. The van der Waals surface area contributed by atoms with Crippen molar-refractivity contribution in [3.8, 4) is 11.5 Å². The summed E-state index contributed by atoms with van der Waals surface area (Å²) in [6.07, 6.45) is -5.11. The molecule has 0 radical (unpaired) electrons. The number of carbonyl (C=O) groups is 1. The van der Waals surface area contributed by atoms with Crippen LogP contribution in [-0.2, 0) is 0 Å². The van der Waals surface area contributed by atoms with E-state index in [-0.39, 0.29) is 22.9 Å². The van der Waals surface area contributed by atoms with Crippen molar-refractivity contribution in [2.45, 2.75) is 19.0 Å². The number of hydrogen-bond donors (Lipinski definition) is 2. The molecule has 11 heteroatoms. The lowest BCUT2D eigenvalue weighted by molar-refractivity contribution is -0.385. The number of nitrogens with one attached hydrogen (secondary N) is 2. The zero-order valence-electron chi connectivity index (χ0n) is 13.7. The number of alkyl halides is 3. The summed E-state index contributed by atoms with van der Waals surface area (Å²) in [5, 5.41) is 14.6. The Hall–Kier alpha value is -3.50. The Morgan fingerprint density at radius 2 is 1.74 bits per heavy atom. The first-order valence-electron chi connectivity index (χ1n) is 7.49. The molecule has 0 saturated carbocycles. The number of ether oxygens (including phenoxy) is 2. The number of nitro groups is 1. The molecule has 0 fully saturated rings. The van der Waals surface area contributed by atoms with Crippen LogP contribution in [0, 0.1) is 17.0 Å². The van der Waals surface area contributed by atoms with Gasteiger partial charge in [0.15, 0.2) is 11.5 Å². The van der Waals surface area contributed by atoms with E-state index < -0.39 is 23.0 Å². The maximum absolute atomic E-state index is 13.5. The van der Waals surface area contributed by atoms with Gasteiger partial charge in [-0.05, 0) is 25.1 Å². The minimum absolute atomic E-state index is 0.0716. The van der Waals surface area contributed by atoms with Crippen LogP contribution < -0.4 is 20.1 Å². The van der Waals surface area contributed by atoms with Crippen molar-refractivity contribution < 1.29 is 32.4 Å². The van der Waals surface area contributed by atoms with E-state index in [0.29, 0.717) is 5.56 Å². The Morgan fingerprint density at radius 3 is 2.26 bits per heavy atom. The van der Waals surface area contributed by atoms with E-state index in [1.165, 1.54) is 43.3 Å². The standard InChI is InChI=1S/C16H12F3N3O5/c1-9-6-7-10(8-11(9)22(24)25)20-14(23)21-16(15(17,18)19)26-12-4-2-3-5-13(12)27-16/h2-8H,1H3,(H2,20,21,23). The Balaban J connectivity index is 1.81. The summed E-state index contributed by atoms with van der Waals surface area (Å²) in [7, 11) is 0. The molecule has 0 unspecified atom stereocenters. The molecule has 1 aliphatic rings. The topological polar surface area (TPSA) is 103 Å². The second-order valence-electron chi connectivity index (χ2n) is 5.60. The van der Waals surface area contributed by atoms with Gasteiger partial charge < -0.3 is 14.8 Å². The second-order valence-corrected chi connectivity index (χ2v) is 5.60. The van der Waals surface area contributed by atoms with Gasteiger partial charge in [-0.2, -0.15) is 13.2 Å². The second kappa shape index (κ2) is 6.34. The van der Waals surface area contributed by atoms with Crippen LogP contribution in [-0.4, -0.2) is 23.0 Å². The van der Waals surface area contributed by atoms with E-state index in [1.54, 1.807) is 5.32 Å². The zero-order chi connectivity index (χ0) is 19.8. The van der Waals surface area contributed by atoms with Crippen LogP contribution in [0.3, 0.4) is 0 Å². The molecule has 0 spiro atoms. The molecule has 0 saturated heterocycles. The molecule has 142 valence electrons. The first-order valence-corrected chi connectivity index (χ1v) is 7.49. The van der Waals surface area contributed by atoms with Crippen molar-refractivity contribution in [3.05, 3.63) is 58.1 Å². The lowest BCUT2D eigenvalue weighted by Gasteiger charge is -2.29. The summed E-state index contributed by atoms with van der Waals surface area (Å²) in [5.41, 5.74) is -0.0348. The summed E-state index contributed by atoms with van der Waals surface area (Å²) in [6.45, 7) is 1.48. The van der Waals surface area contributed by atoms with Gasteiger partial charge in [0.25, 0.3) is 5.69 Å². The maximum atomic E-state index is 13.5. The lowest BCUT2D eigenvalue weighted by atomic mass is 10.2. The van der Waals surface area contributed by atoms with E-state index in [2.05, 4.69) is 5.32 Å². The first-order chi connectivity index (χ1) is 12.6. The van der Waals surface area contributed by atoms with Gasteiger partial charge in [0.2, 0.25) is 0 Å². The number of urea groups is 1. The normalized spacial score (nSPS) is 14.5. The van der Waals surface area contributed by atoms with Crippen LogP contribution in [0.1, 0.15) is 5.56 Å². The van der Waals surface area contributed by atoms with Crippen molar-refractivity contribution in [3.63, 3.8) is 0 Å². The largest absolute Gasteiger partial charge is 0.492 e.